The molecule has 0 saturated carbocycles. The Morgan fingerprint density at radius 3 is 2.76 bits per heavy atom. The predicted octanol–water partition coefficient (Wildman–Crippen LogP) is 3.30. The molecule has 7 nitrogen and oxygen atoms in total. The van der Waals surface area contributed by atoms with Crippen LogP contribution >= 0.6 is 12.2 Å². The summed E-state index contributed by atoms with van der Waals surface area (Å²) in [6, 6.07) is 2.36. The fraction of sp³-hybridized carbons (Fsp3) is 0.500. The maximum atomic E-state index is 13.1. The third-order valence-electron chi connectivity index (χ3n) is 3.31. The molecule has 9 heteroatoms. The maximum absolute atomic E-state index is 13.1. The Morgan fingerprint density at radius 1 is 1.48 bits per heavy atom. The van der Waals surface area contributed by atoms with Crippen molar-refractivity contribution < 1.29 is 13.9 Å². The number of hydrogen-bond donors (Lipinski definition) is 2. The minimum absolute atomic E-state index is 0.319. The van der Waals surface area contributed by atoms with E-state index in [2.05, 4.69) is 20.5 Å². The zero-order valence-corrected chi connectivity index (χ0v) is 15.5. The van der Waals surface area contributed by atoms with Crippen LogP contribution in [0.25, 0.3) is 0 Å². The molecule has 2 heterocycles. The zero-order chi connectivity index (χ0) is 18.6. The van der Waals surface area contributed by atoms with E-state index in [1.165, 1.54) is 6.07 Å². The van der Waals surface area contributed by atoms with Crippen molar-refractivity contribution in [3.05, 3.63) is 40.4 Å². The molecule has 0 radical (unpaired) electrons. The van der Waals surface area contributed by atoms with Gasteiger partial charge < -0.3 is 14.6 Å². The van der Waals surface area contributed by atoms with E-state index in [1.54, 1.807) is 31.4 Å². The van der Waals surface area contributed by atoms with Crippen molar-refractivity contribution in [2.45, 2.75) is 52.3 Å². The van der Waals surface area contributed by atoms with E-state index in [0.29, 0.717) is 29.3 Å². The molecule has 2 aromatic rings. The summed E-state index contributed by atoms with van der Waals surface area (Å²) in [7, 11) is 0. The number of ether oxygens (including phenoxy) is 1. The molecule has 0 saturated heterocycles. The number of nitrogens with zero attached hydrogens (tertiary/aromatic N) is 3. The lowest BCUT2D eigenvalue weighted by molar-refractivity contribution is 0.0500. The molecular formula is C16H22FN5O2S. The fourth-order valence-electron chi connectivity index (χ4n) is 2.29. The lowest BCUT2D eigenvalue weighted by Gasteiger charge is -2.23. The van der Waals surface area contributed by atoms with Crippen molar-refractivity contribution in [3.63, 3.8) is 0 Å². The highest BCUT2D eigenvalue weighted by molar-refractivity contribution is 7.71. The van der Waals surface area contributed by atoms with Crippen LogP contribution in [-0.2, 0) is 17.7 Å². The number of nitrogens with one attached hydrogen (secondary N) is 2. The van der Waals surface area contributed by atoms with Crippen LogP contribution in [0, 0.1) is 10.6 Å². The largest absolute Gasteiger partial charge is 0.444 e. The van der Waals surface area contributed by atoms with Gasteiger partial charge in [-0.2, -0.15) is 5.10 Å². The Labute approximate surface area is 150 Å². The van der Waals surface area contributed by atoms with Gasteiger partial charge in [0.25, 0.3) is 0 Å². The molecule has 136 valence electrons. The van der Waals surface area contributed by atoms with Crippen molar-refractivity contribution in [1.29, 1.82) is 0 Å². The van der Waals surface area contributed by atoms with Gasteiger partial charge in [-0.05, 0) is 52.0 Å². The molecular weight excluding hydrogens is 345 g/mol. The highest BCUT2D eigenvalue weighted by Crippen LogP contribution is 2.18. The van der Waals surface area contributed by atoms with Crippen LogP contribution in [0.4, 0.5) is 9.18 Å². The van der Waals surface area contributed by atoms with Crippen molar-refractivity contribution >= 4 is 18.3 Å². The molecule has 0 aliphatic rings. The summed E-state index contributed by atoms with van der Waals surface area (Å²) in [5.74, 6) is 0.140. The van der Waals surface area contributed by atoms with Gasteiger partial charge in [-0.25, -0.2) is 9.18 Å². The summed E-state index contributed by atoms with van der Waals surface area (Å²) in [5.41, 5.74) is -0.0165. The Morgan fingerprint density at radius 2 is 2.20 bits per heavy atom. The first kappa shape index (κ1) is 19.0. The second kappa shape index (κ2) is 7.73. The van der Waals surface area contributed by atoms with Crippen LogP contribution in [-0.4, -0.2) is 31.4 Å². The number of H-pyrrole nitrogens is 1. The Kier molecular flexibility index (Phi) is 5.89. The van der Waals surface area contributed by atoms with Gasteiger partial charge >= 0.3 is 6.09 Å². The van der Waals surface area contributed by atoms with Crippen LogP contribution in [0.2, 0.25) is 0 Å². The quantitative estimate of drug-likeness (QED) is 0.792. The summed E-state index contributed by atoms with van der Waals surface area (Å²) >= 11 is 5.21. The predicted molar refractivity (Wildman–Crippen MR) is 93.1 cm³/mol. The van der Waals surface area contributed by atoms with E-state index < -0.39 is 23.6 Å². The molecule has 0 aliphatic carbocycles. The van der Waals surface area contributed by atoms with Gasteiger partial charge in [0.15, 0.2) is 10.6 Å². The molecule has 0 aliphatic heterocycles. The standard InChI is InChI=1S/C16H22FN5O2S/c1-5-22-13(20-21-14(22)25)12(19-15(23)24-16(2,3)4)8-11-7-6-10(17)9-18-11/h6-7,9,12H,5,8H2,1-4H3,(H,19,23)(H,21,25). The van der Waals surface area contributed by atoms with E-state index in [9.17, 15) is 9.18 Å². The van der Waals surface area contributed by atoms with E-state index in [0.717, 1.165) is 6.20 Å². The fourth-order valence-corrected chi connectivity index (χ4v) is 2.56. The van der Waals surface area contributed by atoms with Gasteiger partial charge in [0.05, 0.1) is 12.2 Å². The van der Waals surface area contributed by atoms with Crippen LogP contribution in [0.1, 0.15) is 45.3 Å². The third kappa shape index (κ3) is 5.35. The normalized spacial score (nSPS) is 12.7. The van der Waals surface area contributed by atoms with E-state index in [4.69, 9.17) is 17.0 Å². The van der Waals surface area contributed by atoms with Crippen molar-refractivity contribution in [2.24, 2.45) is 0 Å². The van der Waals surface area contributed by atoms with Crippen LogP contribution < -0.4 is 5.32 Å². The van der Waals surface area contributed by atoms with E-state index >= 15 is 0 Å². The number of aromatic amines is 1. The number of halogens is 1. The zero-order valence-electron chi connectivity index (χ0n) is 14.7. The molecule has 2 aromatic heterocycles. The van der Waals surface area contributed by atoms with Crippen molar-refractivity contribution in [2.75, 3.05) is 0 Å². The number of pyridine rings is 1. The number of amides is 1. The Balaban J connectivity index is 2.28. The van der Waals surface area contributed by atoms with Crippen molar-refractivity contribution in [1.82, 2.24) is 25.1 Å². The number of rotatable bonds is 5. The molecule has 0 spiro atoms. The van der Waals surface area contributed by atoms with Gasteiger partial charge in [0.2, 0.25) is 0 Å². The molecule has 2 N–H and O–H groups in total. The highest BCUT2D eigenvalue weighted by Gasteiger charge is 2.24. The minimum Gasteiger partial charge on any atom is -0.444 e. The smallest absolute Gasteiger partial charge is 0.408 e. The second-order valence-corrected chi connectivity index (χ2v) is 6.89. The summed E-state index contributed by atoms with van der Waals surface area (Å²) < 4.78 is 20.6. The lowest BCUT2D eigenvalue weighted by Crippen LogP contribution is -2.37. The first-order chi connectivity index (χ1) is 11.7. The van der Waals surface area contributed by atoms with Crippen LogP contribution in [0.3, 0.4) is 0 Å². The lowest BCUT2D eigenvalue weighted by atomic mass is 10.1. The Hall–Kier alpha value is -2.29. The summed E-state index contributed by atoms with van der Waals surface area (Å²) in [4.78, 5) is 16.3. The minimum atomic E-state index is -0.627. The monoisotopic (exact) mass is 367 g/mol. The number of aromatic nitrogens is 4. The molecule has 0 fully saturated rings. The first-order valence-electron chi connectivity index (χ1n) is 7.94. The number of hydrogen-bond acceptors (Lipinski definition) is 5. The van der Waals surface area contributed by atoms with Crippen molar-refractivity contribution in [3.8, 4) is 0 Å². The SMILES string of the molecule is CCn1c(C(Cc2ccc(F)cn2)NC(=O)OC(C)(C)C)n[nH]c1=S. The van der Waals surface area contributed by atoms with Gasteiger partial charge in [-0.15, -0.1) is 0 Å². The maximum Gasteiger partial charge on any atom is 0.408 e. The molecule has 0 aromatic carbocycles. The van der Waals surface area contributed by atoms with Gasteiger partial charge in [0, 0.05) is 18.7 Å². The highest BCUT2D eigenvalue weighted by atomic mass is 32.1. The molecule has 2 rings (SSSR count). The summed E-state index contributed by atoms with van der Waals surface area (Å²) in [6.07, 6.45) is 0.881. The molecule has 1 atom stereocenters. The second-order valence-electron chi connectivity index (χ2n) is 6.50. The molecule has 1 unspecified atom stereocenters. The van der Waals surface area contributed by atoms with E-state index in [1.807, 2.05) is 6.92 Å². The average Bonchev–Trinajstić information content (AvgIpc) is 2.87. The third-order valence-corrected chi connectivity index (χ3v) is 3.62. The number of carbonyl (C=O) groups is 1. The van der Waals surface area contributed by atoms with Gasteiger partial charge in [0.1, 0.15) is 11.4 Å². The summed E-state index contributed by atoms with van der Waals surface area (Å²) in [6.45, 7) is 7.87. The number of carbonyl (C=O) groups excluding carboxylic acids is 1. The van der Waals surface area contributed by atoms with E-state index in [-0.39, 0.29) is 0 Å². The molecule has 1 amide bonds. The number of alkyl carbamates (subject to hydrolysis) is 1. The Bertz CT molecular complexity index is 779. The topological polar surface area (TPSA) is 84.8 Å². The van der Waals surface area contributed by atoms with Gasteiger partial charge in [-0.3, -0.25) is 10.1 Å². The van der Waals surface area contributed by atoms with Crippen LogP contribution in [0.5, 0.6) is 0 Å². The molecule has 25 heavy (non-hydrogen) atoms. The first-order valence-corrected chi connectivity index (χ1v) is 8.35. The van der Waals surface area contributed by atoms with Crippen LogP contribution in [0.15, 0.2) is 18.3 Å². The molecule has 0 bridgehead atoms. The average molecular weight is 367 g/mol. The van der Waals surface area contributed by atoms with Gasteiger partial charge in [-0.1, -0.05) is 0 Å². The summed E-state index contributed by atoms with van der Waals surface area (Å²) in [5, 5.41) is 9.75.